The van der Waals surface area contributed by atoms with E-state index in [0.717, 1.165) is 22.0 Å². The first-order valence-electron chi connectivity index (χ1n) is 7.03. The maximum absolute atomic E-state index is 12.4. The molecule has 0 aliphatic rings. The minimum atomic E-state index is -0.170. The lowest BCUT2D eigenvalue weighted by molar-refractivity contribution is 0.102. The van der Waals surface area contributed by atoms with Gasteiger partial charge in [-0.2, -0.15) is 5.26 Å². The summed E-state index contributed by atoms with van der Waals surface area (Å²) in [6, 6.07) is 23.0. The Hall–Kier alpha value is -3.12. The van der Waals surface area contributed by atoms with Gasteiger partial charge in [0.2, 0.25) is 0 Å². The van der Waals surface area contributed by atoms with Gasteiger partial charge in [0.15, 0.2) is 0 Å². The Morgan fingerprint density at radius 1 is 1.00 bits per heavy atom. The van der Waals surface area contributed by atoms with Crippen LogP contribution < -0.4 is 5.32 Å². The Labute approximate surface area is 128 Å². The van der Waals surface area contributed by atoms with Crippen LogP contribution >= 0.6 is 0 Å². The highest BCUT2D eigenvalue weighted by atomic mass is 16.1. The van der Waals surface area contributed by atoms with E-state index in [1.807, 2.05) is 48.5 Å². The Morgan fingerprint density at radius 3 is 2.64 bits per heavy atom. The third-order valence-electron chi connectivity index (χ3n) is 3.51. The Kier molecular flexibility index (Phi) is 3.84. The number of nitrogens with zero attached hydrogens (tertiary/aromatic N) is 1. The van der Waals surface area contributed by atoms with Crippen molar-refractivity contribution in [1.29, 1.82) is 5.26 Å². The predicted octanol–water partition coefficient (Wildman–Crippen LogP) is 4.16. The van der Waals surface area contributed by atoms with E-state index >= 15 is 0 Å². The second-order valence-corrected chi connectivity index (χ2v) is 5.02. The zero-order valence-electron chi connectivity index (χ0n) is 11.9. The number of carbonyl (C=O) groups is 1. The number of benzene rings is 3. The fourth-order valence-corrected chi connectivity index (χ4v) is 2.44. The fourth-order valence-electron chi connectivity index (χ4n) is 2.44. The van der Waals surface area contributed by atoms with E-state index in [1.54, 1.807) is 18.2 Å². The van der Waals surface area contributed by atoms with Crippen LogP contribution in [0.4, 0.5) is 5.69 Å². The van der Waals surface area contributed by atoms with Crippen molar-refractivity contribution in [2.24, 2.45) is 0 Å². The van der Waals surface area contributed by atoms with Crippen molar-refractivity contribution in [3.8, 4) is 6.07 Å². The van der Waals surface area contributed by atoms with Crippen LogP contribution in [0.1, 0.15) is 15.9 Å². The van der Waals surface area contributed by atoms with Gasteiger partial charge in [-0.25, -0.2) is 0 Å². The molecule has 0 aliphatic carbocycles. The molecule has 106 valence electrons. The molecule has 0 atom stereocenters. The van der Waals surface area contributed by atoms with Crippen molar-refractivity contribution >= 4 is 22.4 Å². The molecule has 0 unspecified atom stereocenters. The number of rotatable bonds is 3. The van der Waals surface area contributed by atoms with E-state index in [-0.39, 0.29) is 5.91 Å². The third kappa shape index (κ3) is 2.82. The van der Waals surface area contributed by atoms with Crippen LogP contribution in [0, 0.1) is 11.3 Å². The molecule has 0 spiro atoms. The first kappa shape index (κ1) is 13.8. The third-order valence-corrected chi connectivity index (χ3v) is 3.51. The Morgan fingerprint density at radius 2 is 1.77 bits per heavy atom. The molecule has 0 saturated carbocycles. The van der Waals surface area contributed by atoms with Gasteiger partial charge in [-0.3, -0.25) is 4.79 Å². The molecule has 3 rings (SSSR count). The van der Waals surface area contributed by atoms with Gasteiger partial charge in [0.1, 0.15) is 0 Å². The van der Waals surface area contributed by atoms with Gasteiger partial charge < -0.3 is 5.32 Å². The summed E-state index contributed by atoms with van der Waals surface area (Å²) in [4.78, 5) is 12.4. The summed E-state index contributed by atoms with van der Waals surface area (Å²) in [5.74, 6) is -0.170. The van der Waals surface area contributed by atoms with Gasteiger partial charge in [-0.1, -0.05) is 48.5 Å². The van der Waals surface area contributed by atoms with Crippen molar-refractivity contribution in [2.45, 2.75) is 6.42 Å². The lowest BCUT2D eigenvalue weighted by Gasteiger charge is -2.09. The molecule has 3 aromatic carbocycles. The second kappa shape index (κ2) is 6.11. The number of nitrogens with one attached hydrogen (secondary N) is 1. The summed E-state index contributed by atoms with van der Waals surface area (Å²) in [5.41, 5.74) is 2.18. The number of amides is 1. The topological polar surface area (TPSA) is 52.9 Å². The molecule has 0 aliphatic heterocycles. The lowest BCUT2D eigenvalue weighted by Crippen LogP contribution is -2.12. The Bertz CT molecular complexity index is 872. The van der Waals surface area contributed by atoms with Crippen LogP contribution in [-0.2, 0) is 6.42 Å². The van der Waals surface area contributed by atoms with Gasteiger partial charge in [-0.15, -0.1) is 0 Å². The molecule has 0 heterocycles. The summed E-state index contributed by atoms with van der Waals surface area (Å²) in [6.07, 6.45) is 0.301. The van der Waals surface area contributed by atoms with E-state index in [9.17, 15) is 4.79 Å². The average molecular weight is 286 g/mol. The number of hydrogen-bond donors (Lipinski definition) is 1. The molecular weight excluding hydrogens is 272 g/mol. The van der Waals surface area contributed by atoms with Crippen molar-refractivity contribution in [3.63, 3.8) is 0 Å². The minimum absolute atomic E-state index is 0.170. The predicted molar refractivity (Wildman–Crippen MR) is 87.7 cm³/mol. The molecule has 22 heavy (non-hydrogen) atoms. The van der Waals surface area contributed by atoms with Crippen molar-refractivity contribution < 1.29 is 4.79 Å². The number of hydrogen-bond acceptors (Lipinski definition) is 2. The zero-order chi connectivity index (χ0) is 15.4. The van der Waals surface area contributed by atoms with Gasteiger partial charge in [0, 0.05) is 16.6 Å². The largest absolute Gasteiger partial charge is 0.321 e. The Balaban J connectivity index is 1.90. The van der Waals surface area contributed by atoms with Gasteiger partial charge >= 0.3 is 0 Å². The van der Waals surface area contributed by atoms with Gasteiger partial charge in [0.25, 0.3) is 5.91 Å². The molecule has 3 aromatic rings. The van der Waals surface area contributed by atoms with Crippen molar-refractivity contribution in [3.05, 3.63) is 77.9 Å². The highest BCUT2D eigenvalue weighted by molar-refractivity contribution is 6.09. The highest BCUT2D eigenvalue weighted by Gasteiger charge is 2.08. The molecule has 0 radical (unpaired) electrons. The molecule has 0 saturated heterocycles. The van der Waals surface area contributed by atoms with Crippen LogP contribution in [0.3, 0.4) is 0 Å². The summed E-state index contributed by atoms with van der Waals surface area (Å²) in [7, 11) is 0. The van der Waals surface area contributed by atoms with Crippen molar-refractivity contribution in [1.82, 2.24) is 0 Å². The lowest BCUT2D eigenvalue weighted by atomic mass is 10.1. The van der Waals surface area contributed by atoms with Crippen LogP contribution in [0.2, 0.25) is 0 Å². The monoisotopic (exact) mass is 286 g/mol. The molecule has 1 N–H and O–H groups in total. The maximum atomic E-state index is 12.4. The first-order chi connectivity index (χ1) is 10.8. The number of nitriles is 1. The average Bonchev–Trinajstić information content (AvgIpc) is 2.56. The minimum Gasteiger partial charge on any atom is -0.321 e. The SMILES string of the molecule is N#CCc1cccc(C(=O)Nc2cccc3ccccc23)c1. The molecule has 0 bridgehead atoms. The number of fused-ring (bicyclic) bond motifs is 1. The number of carbonyl (C=O) groups excluding carboxylic acids is 1. The molecule has 3 heteroatoms. The molecule has 1 amide bonds. The summed E-state index contributed by atoms with van der Waals surface area (Å²) in [6.45, 7) is 0. The van der Waals surface area contributed by atoms with Gasteiger partial charge in [0.05, 0.1) is 12.5 Å². The summed E-state index contributed by atoms with van der Waals surface area (Å²) >= 11 is 0. The highest BCUT2D eigenvalue weighted by Crippen LogP contribution is 2.23. The van der Waals surface area contributed by atoms with Crippen LogP contribution in [0.5, 0.6) is 0 Å². The smallest absolute Gasteiger partial charge is 0.255 e. The first-order valence-corrected chi connectivity index (χ1v) is 7.03. The van der Waals surface area contributed by atoms with E-state index in [4.69, 9.17) is 5.26 Å². The van der Waals surface area contributed by atoms with E-state index in [2.05, 4.69) is 11.4 Å². The number of anilines is 1. The molecule has 3 nitrogen and oxygen atoms in total. The zero-order valence-corrected chi connectivity index (χ0v) is 11.9. The fraction of sp³-hybridized carbons (Fsp3) is 0.0526. The van der Waals surface area contributed by atoms with Crippen LogP contribution in [-0.4, -0.2) is 5.91 Å². The van der Waals surface area contributed by atoms with E-state index in [1.165, 1.54) is 0 Å². The summed E-state index contributed by atoms with van der Waals surface area (Å²) in [5, 5.41) is 13.8. The maximum Gasteiger partial charge on any atom is 0.255 e. The van der Waals surface area contributed by atoms with Crippen LogP contribution in [0.25, 0.3) is 10.8 Å². The molecule has 0 aromatic heterocycles. The normalized spacial score (nSPS) is 10.1. The standard InChI is InChI=1S/C19H14N2O/c20-12-11-14-5-3-8-16(13-14)19(22)21-18-10-4-7-15-6-1-2-9-17(15)18/h1-10,13H,11H2,(H,21,22). The van der Waals surface area contributed by atoms with E-state index < -0.39 is 0 Å². The quantitative estimate of drug-likeness (QED) is 0.786. The summed E-state index contributed by atoms with van der Waals surface area (Å²) < 4.78 is 0. The van der Waals surface area contributed by atoms with Crippen LogP contribution in [0.15, 0.2) is 66.7 Å². The van der Waals surface area contributed by atoms with Gasteiger partial charge in [-0.05, 0) is 29.1 Å². The van der Waals surface area contributed by atoms with E-state index in [0.29, 0.717) is 12.0 Å². The second-order valence-electron chi connectivity index (χ2n) is 5.02. The molecular formula is C19H14N2O. The molecule has 0 fully saturated rings. The van der Waals surface area contributed by atoms with Crippen molar-refractivity contribution in [2.75, 3.05) is 5.32 Å².